The fourth-order valence-corrected chi connectivity index (χ4v) is 3.59. The summed E-state index contributed by atoms with van der Waals surface area (Å²) in [5, 5.41) is 3.19. The lowest BCUT2D eigenvalue weighted by atomic mass is 10.2. The highest BCUT2D eigenvalue weighted by Crippen LogP contribution is 2.24. The summed E-state index contributed by atoms with van der Waals surface area (Å²) in [4.78, 5) is 11.6. The van der Waals surface area contributed by atoms with Crippen molar-refractivity contribution in [2.45, 2.75) is 18.7 Å². The smallest absolute Gasteiger partial charge is 0.261 e. The molecule has 0 saturated carbocycles. The van der Waals surface area contributed by atoms with E-state index in [1.165, 1.54) is 18.2 Å². The van der Waals surface area contributed by atoms with Crippen LogP contribution in [0.4, 0.5) is 11.4 Å². The summed E-state index contributed by atoms with van der Waals surface area (Å²) in [5.41, 5.74) is 0.941. The molecule has 8 heteroatoms. The molecule has 0 aliphatic rings. The van der Waals surface area contributed by atoms with E-state index in [2.05, 4.69) is 10.0 Å². The highest BCUT2D eigenvalue weighted by atomic mass is 35.5. The van der Waals surface area contributed by atoms with Crippen LogP contribution < -0.4 is 10.0 Å². The molecule has 0 bridgehead atoms. The van der Waals surface area contributed by atoms with E-state index in [1.807, 2.05) is 0 Å². The lowest BCUT2D eigenvalue weighted by Crippen LogP contribution is -2.17. The van der Waals surface area contributed by atoms with Crippen LogP contribution in [0.5, 0.6) is 0 Å². The summed E-state index contributed by atoms with van der Waals surface area (Å²) in [7, 11) is -3.81. The van der Waals surface area contributed by atoms with Crippen molar-refractivity contribution in [3.8, 4) is 0 Å². The fourth-order valence-electron chi connectivity index (χ4n) is 1.81. The SMILES string of the molecule is CC(C)C(=O)Nc1ccc(NS(=O)(=O)c2cc(Cl)cc(Cl)c2)cc1. The Labute approximate surface area is 151 Å². The molecule has 0 unspecified atom stereocenters. The van der Waals surface area contributed by atoms with Gasteiger partial charge in [0.1, 0.15) is 0 Å². The molecule has 1 amide bonds. The van der Waals surface area contributed by atoms with Crippen molar-refractivity contribution in [3.63, 3.8) is 0 Å². The first-order chi connectivity index (χ1) is 11.2. The molecule has 5 nitrogen and oxygen atoms in total. The average molecular weight is 387 g/mol. The molecule has 128 valence electrons. The lowest BCUT2D eigenvalue weighted by Gasteiger charge is -2.11. The van der Waals surface area contributed by atoms with E-state index in [9.17, 15) is 13.2 Å². The highest BCUT2D eigenvalue weighted by molar-refractivity contribution is 7.92. The van der Waals surface area contributed by atoms with Gasteiger partial charge in [-0.2, -0.15) is 0 Å². The first kappa shape index (κ1) is 18.6. The molecule has 0 spiro atoms. The van der Waals surface area contributed by atoms with Gasteiger partial charge >= 0.3 is 0 Å². The normalized spacial score (nSPS) is 11.4. The minimum absolute atomic E-state index is 0.0304. The van der Waals surface area contributed by atoms with Crippen LogP contribution in [0.3, 0.4) is 0 Å². The molecule has 0 saturated heterocycles. The standard InChI is InChI=1S/C16H16Cl2N2O3S/c1-10(2)16(21)19-13-3-5-14(6-4-13)20-24(22,23)15-8-11(17)7-12(18)9-15/h3-10,20H,1-2H3,(H,19,21). The molecule has 0 aliphatic carbocycles. The number of carbonyl (C=O) groups is 1. The Hall–Kier alpha value is -1.76. The minimum atomic E-state index is -3.81. The van der Waals surface area contributed by atoms with Crippen molar-refractivity contribution in [3.05, 3.63) is 52.5 Å². The van der Waals surface area contributed by atoms with Gasteiger partial charge in [0.25, 0.3) is 10.0 Å². The summed E-state index contributed by atoms with van der Waals surface area (Å²) in [6.07, 6.45) is 0. The molecule has 0 fully saturated rings. The number of anilines is 2. The number of carbonyl (C=O) groups excluding carboxylic acids is 1. The van der Waals surface area contributed by atoms with Gasteiger partial charge in [-0.25, -0.2) is 8.42 Å². The van der Waals surface area contributed by atoms with Gasteiger partial charge in [0, 0.05) is 27.3 Å². The van der Waals surface area contributed by atoms with E-state index in [-0.39, 0.29) is 26.8 Å². The third kappa shape index (κ3) is 4.87. The van der Waals surface area contributed by atoms with Gasteiger partial charge < -0.3 is 5.32 Å². The monoisotopic (exact) mass is 386 g/mol. The maximum Gasteiger partial charge on any atom is 0.261 e. The minimum Gasteiger partial charge on any atom is -0.326 e. The zero-order chi connectivity index (χ0) is 17.9. The molecular formula is C16H16Cl2N2O3S. The molecule has 2 rings (SSSR count). The van der Waals surface area contributed by atoms with Crippen LogP contribution in [0.2, 0.25) is 10.0 Å². The number of rotatable bonds is 5. The van der Waals surface area contributed by atoms with Crippen molar-refractivity contribution in [1.29, 1.82) is 0 Å². The Morgan fingerprint density at radius 2 is 1.46 bits per heavy atom. The van der Waals surface area contributed by atoms with Crippen LogP contribution in [0.15, 0.2) is 47.4 Å². The zero-order valence-corrected chi connectivity index (χ0v) is 15.3. The molecule has 0 aliphatic heterocycles. The highest BCUT2D eigenvalue weighted by Gasteiger charge is 2.16. The molecule has 0 atom stereocenters. The number of hydrogen-bond acceptors (Lipinski definition) is 3. The van der Waals surface area contributed by atoms with Crippen molar-refractivity contribution in [2.24, 2.45) is 5.92 Å². The lowest BCUT2D eigenvalue weighted by molar-refractivity contribution is -0.118. The van der Waals surface area contributed by atoms with E-state index in [0.29, 0.717) is 11.4 Å². The number of benzene rings is 2. The first-order valence-electron chi connectivity index (χ1n) is 7.07. The number of halogens is 2. The third-order valence-electron chi connectivity index (χ3n) is 3.08. The van der Waals surface area contributed by atoms with Gasteiger partial charge in [0.05, 0.1) is 4.90 Å². The second kappa shape index (κ2) is 7.42. The Balaban J connectivity index is 2.17. The van der Waals surface area contributed by atoms with Crippen LogP contribution in [-0.2, 0) is 14.8 Å². The summed E-state index contributed by atoms with van der Waals surface area (Å²) >= 11 is 11.7. The molecule has 2 aromatic rings. The summed E-state index contributed by atoms with van der Waals surface area (Å²) < 4.78 is 27.2. The van der Waals surface area contributed by atoms with Crippen molar-refractivity contribution < 1.29 is 13.2 Å². The Morgan fingerprint density at radius 1 is 0.958 bits per heavy atom. The molecule has 24 heavy (non-hydrogen) atoms. The number of nitrogens with one attached hydrogen (secondary N) is 2. The number of amides is 1. The van der Waals surface area contributed by atoms with Crippen LogP contribution in [0, 0.1) is 5.92 Å². The van der Waals surface area contributed by atoms with Gasteiger partial charge in [-0.3, -0.25) is 9.52 Å². The zero-order valence-electron chi connectivity index (χ0n) is 13.0. The second-order valence-electron chi connectivity index (χ2n) is 5.43. The first-order valence-corrected chi connectivity index (χ1v) is 9.31. The number of hydrogen-bond donors (Lipinski definition) is 2. The average Bonchev–Trinajstić information content (AvgIpc) is 2.48. The Bertz CT molecular complexity index is 830. The maximum absolute atomic E-state index is 12.4. The third-order valence-corrected chi connectivity index (χ3v) is 4.87. The summed E-state index contributed by atoms with van der Waals surface area (Å²) in [6, 6.07) is 10.4. The quantitative estimate of drug-likeness (QED) is 0.799. The van der Waals surface area contributed by atoms with Crippen LogP contribution in [0.25, 0.3) is 0 Å². The van der Waals surface area contributed by atoms with E-state index in [0.717, 1.165) is 0 Å². The van der Waals surface area contributed by atoms with E-state index < -0.39 is 10.0 Å². The largest absolute Gasteiger partial charge is 0.326 e. The van der Waals surface area contributed by atoms with E-state index in [4.69, 9.17) is 23.2 Å². The van der Waals surface area contributed by atoms with Crippen molar-refractivity contribution in [2.75, 3.05) is 10.0 Å². The van der Waals surface area contributed by atoms with Crippen molar-refractivity contribution in [1.82, 2.24) is 0 Å². The summed E-state index contributed by atoms with van der Waals surface area (Å²) in [5.74, 6) is -0.257. The predicted octanol–water partition coefficient (Wildman–Crippen LogP) is 4.39. The summed E-state index contributed by atoms with van der Waals surface area (Å²) in [6.45, 7) is 3.57. The fraction of sp³-hybridized carbons (Fsp3) is 0.188. The Kier molecular flexibility index (Phi) is 5.74. The topological polar surface area (TPSA) is 75.3 Å². The van der Waals surface area contributed by atoms with Gasteiger partial charge in [0.15, 0.2) is 0 Å². The van der Waals surface area contributed by atoms with Gasteiger partial charge in [-0.1, -0.05) is 37.0 Å². The van der Waals surface area contributed by atoms with Gasteiger partial charge in [0.2, 0.25) is 5.91 Å². The Morgan fingerprint density at radius 3 is 1.96 bits per heavy atom. The second-order valence-corrected chi connectivity index (χ2v) is 7.99. The van der Waals surface area contributed by atoms with Crippen LogP contribution in [-0.4, -0.2) is 14.3 Å². The van der Waals surface area contributed by atoms with Crippen LogP contribution >= 0.6 is 23.2 Å². The van der Waals surface area contributed by atoms with E-state index in [1.54, 1.807) is 38.1 Å². The van der Waals surface area contributed by atoms with Gasteiger partial charge in [-0.15, -0.1) is 0 Å². The molecular weight excluding hydrogens is 371 g/mol. The van der Waals surface area contributed by atoms with Crippen molar-refractivity contribution >= 4 is 50.5 Å². The maximum atomic E-state index is 12.4. The molecule has 0 radical (unpaired) electrons. The van der Waals surface area contributed by atoms with E-state index >= 15 is 0 Å². The molecule has 2 aromatic carbocycles. The number of sulfonamides is 1. The molecule has 2 N–H and O–H groups in total. The molecule has 0 heterocycles. The van der Waals surface area contributed by atoms with Crippen LogP contribution in [0.1, 0.15) is 13.8 Å². The predicted molar refractivity (Wildman–Crippen MR) is 97.2 cm³/mol. The molecule has 0 aromatic heterocycles. The van der Waals surface area contributed by atoms with Gasteiger partial charge in [-0.05, 0) is 42.5 Å².